The Morgan fingerprint density at radius 1 is 0.526 bits per heavy atom. The number of sulfone groups is 2. The Bertz CT molecular complexity index is 3680. The van der Waals surface area contributed by atoms with Gasteiger partial charge in [-0.15, -0.1) is 11.8 Å². The summed E-state index contributed by atoms with van der Waals surface area (Å²) in [5.41, 5.74) is 5.80. The molecule has 0 aliphatic carbocycles. The molecule has 11 nitrogen and oxygen atoms in total. The van der Waals surface area contributed by atoms with Crippen LogP contribution in [-0.4, -0.2) is 79.3 Å². The van der Waals surface area contributed by atoms with Crippen molar-refractivity contribution in [1.29, 1.82) is 5.26 Å². The number of thiocyanates is 1. The van der Waals surface area contributed by atoms with E-state index in [-0.39, 0.29) is 37.4 Å². The number of carbonyl (C=O) groups excluding carboxylic acids is 1. The van der Waals surface area contributed by atoms with E-state index in [4.69, 9.17) is 115 Å². The second kappa shape index (κ2) is 31.7. The van der Waals surface area contributed by atoms with E-state index in [1.165, 1.54) is 30.0 Å². The zero-order chi connectivity index (χ0) is 56.1. The number of hydrogen-bond donors (Lipinski definition) is 0. The third-order valence-electron chi connectivity index (χ3n) is 10.0. The lowest BCUT2D eigenvalue weighted by Gasteiger charge is -2.15. The van der Waals surface area contributed by atoms with Crippen molar-refractivity contribution in [3.05, 3.63) is 184 Å². The highest BCUT2D eigenvalue weighted by Gasteiger charge is 2.28. The summed E-state index contributed by atoms with van der Waals surface area (Å²) >= 11 is 58.6. The Morgan fingerprint density at radius 2 is 0.936 bits per heavy atom. The number of aromatic nitrogens is 4. The number of ketones is 1. The molecule has 2 N–H and O–H groups in total. The van der Waals surface area contributed by atoms with E-state index < -0.39 is 29.9 Å². The molecule has 1 unspecified atom stereocenters. The summed E-state index contributed by atoms with van der Waals surface area (Å²) in [4.78, 5) is 29.5. The second-order valence-electron chi connectivity index (χ2n) is 15.4. The van der Waals surface area contributed by atoms with Crippen LogP contribution in [0.1, 0.15) is 15.9 Å². The van der Waals surface area contributed by atoms with Crippen molar-refractivity contribution < 1.29 is 27.1 Å². The fourth-order valence-electron chi connectivity index (χ4n) is 6.62. The van der Waals surface area contributed by atoms with Crippen LogP contribution in [0.25, 0.3) is 44.8 Å². The van der Waals surface area contributed by atoms with Crippen LogP contribution in [-0.2, 0) is 26.1 Å². The summed E-state index contributed by atoms with van der Waals surface area (Å²) in [7, 11) is -7.86. The topological polar surface area (TPSA) is 192 Å². The van der Waals surface area contributed by atoms with Crippen LogP contribution in [0.15, 0.2) is 148 Å². The Balaban J connectivity index is 0.000000300. The van der Waals surface area contributed by atoms with E-state index >= 15 is 0 Å². The third kappa shape index (κ3) is 19.4. The Labute approximate surface area is 514 Å². The summed E-state index contributed by atoms with van der Waals surface area (Å²) in [6.07, 6.45) is 7.81. The largest absolute Gasteiger partial charge is 0.412 e. The van der Waals surface area contributed by atoms with Crippen LogP contribution in [0.2, 0.25) is 45.2 Å². The predicted octanol–water partition coefficient (Wildman–Crippen LogP) is 16.9. The molecule has 0 saturated carbocycles. The Morgan fingerprint density at radius 3 is 1.33 bits per heavy atom. The van der Waals surface area contributed by atoms with Crippen molar-refractivity contribution in [3.8, 4) is 50.2 Å². The van der Waals surface area contributed by atoms with Gasteiger partial charge in [-0.1, -0.05) is 153 Å². The van der Waals surface area contributed by atoms with Gasteiger partial charge in [-0.05, 0) is 138 Å². The van der Waals surface area contributed by atoms with Crippen LogP contribution in [0.5, 0.6) is 0 Å². The number of rotatable bonds is 11. The highest BCUT2D eigenvalue weighted by Crippen LogP contribution is 2.42. The van der Waals surface area contributed by atoms with E-state index in [9.17, 15) is 21.6 Å². The molecular formula is C52H43Cl9N5O6PS5. The van der Waals surface area contributed by atoms with Gasteiger partial charge in [0.15, 0.2) is 25.8 Å². The number of halogens is 9. The maximum Gasteiger partial charge on any atom is 0.248 e. The van der Waals surface area contributed by atoms with Gasteiger partial charge in [0.2, 0.25) is 15.0 Å². The molecular weight excluding hydrogens is 1300 g/mol. The first-order valence-electron chi connectivity index (χ1n) is 21.3. The molecule has 8 aromatic rings. The van der Waals surface area contributed by atoms with Gasteiger partial charge >= 0.3 is 0 Å². The minimum Gasteiger partial charge on any atom is -0.412 e. The molecule has 0 amide bonds. The molecule has 1 atom stereocenters. The molecule has 8 rings (SSSR count). The molecule has 26 heteroatoms. The lowest BCUT2D eigenvalue weighted by atomic mass is 10.0. The summed E-state index contributed by atoms with van der Waals surface area (Å²) in [5.74, 6) is -0.0426. The van der Waals surface area contributed by atoms with Gasteiger partial charge in [-0.25, -0.2) is 36.8 Å². The monoisotopic (exact) mass is 1340 g/mol. The van der Waals surface area contributed by atoms with Crippen molar-refractivity contribution in [2.24, 2.45) is 0 Å². The fourth-order valence-corrected chi connectivity index (χ4v) is 10.9. The highest BCUT2D eigenvalue weighted by molar-refractivity contribution is 8.03. The standard InChI is InChI=1S/C18H13Cl3N2O4S2.C18H13Cl3N2S2.C14H9Cl3O.C2H3NS.H2O.H3P/c1-28(24,25)17-15(10-3-5-11(19)6-4-10)16(22-18(23-17)29(2,26)27)13-8-7-12(20)9-14(13)21;1-24-17-15(10-3-5-11(19)6-4-10)16(22-18(23-17)25-2)13-8-7-12(20)9-14(13)21;15-10-3-1-9(2-4-10)7-14(18)12-6-5-11(16)8-13(12)17;1-4-2-3;;/h3-9H,1-2H3;3-9H,1-2H3;1-6,8H,7H2;1H3;1H2;1H3. The average molecular weight is 1340 g/mol. The molecule has 410 valence electrons. The molecule has 78 heavy (non-hydrogen) atoms. The normalized spacial score (nSPS) is 10.7. The van der Waals surface area contributed by atoms with Crippen molar-refractivity contribution in [2.45, 2.75) is 26.8 Å². The molecule has 6 aromatic carbocycles. The van der Waals surface area contributed by atoms with Crippen LogP contribution in [0.4, 0.5) is 0 Å². The summed E-state index contributed by atoms with van der Waals surface area (Å²) < 4.78 is 49.3. The number of hydrogen-bond acceptors (Lipinski definition) is 13. The number of benzene rings is 6. The van der Waals surface area contributed by atoms with Gasteiger partial charge < -0.3 is 5.48 Å². The van der Waals surface area contributed by atoms with E-state index in [0.717, 1.165) is 57.2 Å². The van der Waals surface area contributed by atoms with E-state index in [1.54, 1.807) is 78.7 Å². The van der Waals surface area contributed by atoms with E-state index in [0.29, 0.717) is 68.4 Å². The first-order valence-corrected chi connectivity index (χ1v) is 32.1. The number of Topliss-reactive ketones (excluding diaryl/α,β-unsaturated/α-hetero) is 1. The van der Waals surface area contributed by atoms with E-state index in [1.807, 2.05) is 66.4 Å². The van der Waals surface area contributed by atoms with Gasteiger partial charge in [0.1, 0.15) is 10.4 Å². The van der Waals surface area contributed by atoms with Gasteiger partial charge in [0.25, 0.3) is 0 Å². The number of thioether (sulfide) groups is 3. The quantitative estimate of drug-likeness (QED) is 0.0297. The van der Waals surface area contributed by atoms with E-state index in [2.05, 4.69) is 15.0 Å². The van der Waals surface area contributed by atoms with Gasteiger partial charge in [-0.2, -0.15) is 15.2 Å². The minimum absolute atomic E-state index is 0. The average Bonchev–Trinajstić information content (AvgIpc) is 3.37. The molecule has 0 fully saturated rings. The lowest BCUT2D eigenvalue weighted by molar-refractivity contribution is 0.0993. The molecule has 0 aliphatic heterocycles. The second-order valence-corrected chi connectivity index (χ2v) is 25.3. The first-order chi connectivity index (χ1) is 35.9. The maximum atomic E-state index is 12.5. The molecule has 2 heterocycles. The highest BCUT2D eigenvalue weighted by atomic mass is 35.5. The molecule has 0 aliphatic rings. The fraction of sp³-hybridized carbons (Fsp3) is 0.115. The van der Waals surface area contributed by atoms with Crippen molar-refractivity contribution in [2.75, 3.05) is 31.3 Å². The van der Waals surface area contributed by atoms with Crippen molar-refractivity contribution >= 4 is 175 Å². The third-order valence-corrected chi connectivity index (χ3v) is 15.7. The zero-order valence-electron chi connectivity index (χ0n) is 41.3. The lowest BCUT2D eigenvalue weighted by Crippen LogP contribution is -2.13. The Kier molecular flexibility index (Phi) is 28.0. The Hall–Kier alpha value is -3.41. The molecule has 0 spiro atoms. The molecule has 0 bridgehead atoms. The maximum absolute atomic E-state index is 12.5. The predicted molar refractivity (Wildman–Crippen MR) is 335 cm³/mol. The summed E-state index contributed by atoms with van der Waals surface area (Å²) in [6, 6.07) is 35.9. The van der Waals surface area contributed by atoms with Crippen LogP contribution >= 0.6 is 150 Å². The molecule has 0 saturated heterocycles. The summed E-state index contributed by atoms with van der Waals surface area (Å²) in [6.45, 7) is 0. The van der Waals surface area contributed by atoms with Crippen LogP contribution < -0.4 is 0 Å². The minimum atomic E-state index is -3.94. The van der Waals surface area contributed by atoms with Crippen LogP contribution in [0, 0.1) is 10.7 Å². The van der Waals surface area contributed by atoms with Gasteiger partial charge in [-0.3, -0.25) is 4.79 Å². The zero-order valence-corrected chi connectivity index (χ0v) is 53.6. The smallest absolute Gasteiger partial charge is 0.248 e. The van der Waals surface area contributed by atoms with Crippen LogP contribution in [0.3, 0.4) is 0 Å². The van der Waals surface area contributed by atoms with Gasteiger partial charge in [0.05, 0.1) is 26.5 Å². The number of carbonyl (C=O) groups is 1. The van der Waals surface area contributed by atoms with Crippen molar-refractivity contribution in [3.63, 3.8) is 0 Å². The number of nitrogens with zero attached hydrogens (tertiary/aromatic N) is 5. The van der Waals surface area contributed by atoms with Crippen molar-refractivity contribution in [1.82, 2.24) is 19.9 Å². The van der Waals surface area contributed by atoms with Gasteiger partial charge in [0, 0.05) is 76.9 Å². The number of nitriles is 1. The molecule has 2 aromatic heterocycles. The SMILES string of the molecule is CS(=O)(=O)c1nc(-c2ccc(Cl)cc2Cl)c(-c2ccc(Cl)cc2)c(S(C)(=O)=O)n1.CSC#N.CSc1nc(SC)c(-c2ccc(Cl)cc2)c(-c2ccc(Cl)cc2Cl)n1.O.O=C(Cc1ccc(Cl)cc1)c1ccc(Cl)cc1Cl.P. The summed E-state index contributed by atoms with van der Waals surface area (Å²) in [5, 5.41) is 14.3. The molecule has 0 radical (unpaired) electrons. The first kappa shape index (κ1) is 68.9.